The SMILES string of the molecule is CCC(N)(CC)CNC(=O)C1(c2ccc(F)cc2)CCCC1. The maximum absolute atomic E-state index is 13.2. The molecule has 0 heterocycles. The zero-order valence-electron chi connectivity index (χ0n) is 13.6. The first-order valence-electron chi connectivity index (χ1n) is 8.29. The van der Waals surface area contributed by atoms with Gasteiger partial charge in [-0.25, -0.2) is 4.39 Å². The number of benzene rings is 1. The van der Waals surface area contributed by atoms with Crippen molar-refractivity contribution in [3.63, 3.8) is 0 Å². The Morgan fingerprint density at radius 1 is 1.23 bits per heavy atom. The van der Waals surface area contributed by atoms with E-state index in [4.69, 9.17) is 5.73 Å². The zero-order chi connectivity index (χ0) is 16.2. The Labute approximate surface area is 132 Å². The Hall–Kier alpha value is -1.42. The normalized spacial score (nSPS) is 17.5. The van der Waals surface area contributed by atoms with Gasteiger partial charge in [-0.2, -0.15) is 0 Å². The van der Waals surface area contributed by atoms with Crippen LogP contribution >= 0.6 is 0 Å². The van der Waals surface area contributed by atoms with Gasteiger partial charge in [-0.15, -0.1) is 0 Å². The van der Waals surface area contributed by atoms with Crippen molar-refractivity contribution in [3.8, 4) is 0 Å². The third-order valence-electron chi connectivity index (χ3n) is 5.30. The highest BCUT2D eigenvalue weighted by atomic mass is 19.1. The van der Waals surface area contributed by atoms with Crippen molar-refractivity contribution in [3.05, 3.63) is 35.6 Å². The number of carbonyl (C=O) groups is 1. The molecule has 1 aliphatic rings. The summed E-state index contributed by atoms with van der Waals surface area (Å²) < 4.78 is 13.2. The van der Waals surface area contributed by atoms with Gasteiger partial charge in [0, 0.05) is 12.1 Å². The predicted molar refractivity (Wildman–Crippen MR) is 87.1 cm³/mol. The molecule has 0 saturated heterocycles. The summed E-state index contributed by atoms with van der Waals surface area (Å²) in [7, 11) is 0. The van der Waals surface area contributed by atoms with E-state index < -0.39 is 5.41 Å². The van der Waals surface area contributed by atoms with E-state index in [1.54, 1.807) is 12.1 Å². The molecule has 3 N–H and O–H groups in total. The molecule has 4 heteroatoms. The van der Waals surface area contributed by atoms with Gasteiger partial charge in [-0.3, -0.25) is 4.79 Å². The summed E-state index contributed by atoms with van der Waals surface area (Å²) in [5.41, 5.74) is 6.33. The summed E-state index contributed by atoms with van der Waals surface area (Å²) in [6.07, 6.45) is 5.35. The predicted octanol–water partition coefficient (Wildman–Crippen LogP) is 3.27. The molecule has 0 atom stereocenters. The summed E-state index contributed by atoms with van der Waals surface area (Å²) in [6, 6.07) is 6.37. The number of carbonyl (C=O) groups excluding carboxylic acids is 1. The van der Waals surface area contributed by atoms with Crippen LogP contribution in [0.4, 0.5) is 4.39 Å². The molecule has 122 valence electrons. The molecule has 0 radical (unpaired) electrons. The monoisotopic (exact) mass is 306 g/mol. The van der Waals surface area contributed by atoms with Gasteiger partial charge in [-0.1, -0.05) is 38.8 Å². The van der Waals surface area contributed by atoms with Crippen LogP contribution in [-0.2, 0) is 10.2 Å². The van der Waals surface area contributed by atoms with Crippen LogP contribution in [-0.4, -0.2) is 18.0 Å². The van der Waals surface area contributed by atoms with Gasteiger partial charge >= 0.3 is 0 Å². The van der Waals surface area contributed by atoms with E-state index >= 15 is 0 Å². The van der Waals surface area contributed by atoms with Crippen LogP contribution in [0.3, 0.4) is 0 Å². The number of halogens is 1. The molecule has 0 aliphatic heterocycles. The topological polar surface area (TPSA) is 55.1 Å². The fourth-order valence-electron chi connectivity index (χ4n) is 3.32. The number of hydrogen-bond donors (Lipinski definition) is 2. The number of hydrogen-bond acceptors (Lipinski definition) is 2. The lowest BCUT2D eigenvalue weighted by Crippen LogP contribution is -2.53. The number of rotatable bonds is 6. The van der Waals surface area contributed by atoms with Gasteiger partial charge in [-0.05, 0) is 43.4 Å². The summed E-state index contributed by atoms with van der Waals surface area (Å²) in [6.45, 7) is 4.57. The minimum absolute atomic E-state index is 0.0355. The van der Waals surface area contributed by atoms with Gasteiger partial charge in [0.25, 0.3) is 0 Å². The zero-order valence-corrected chi connectivity index (χ0v) is 13.6. The van der Waals surface area contributed by atoms with Gasteiger partial charge in [0.05, 0.1) is 5.41 Å². The first-order chi connectivity index (χ1) is 10.5. The van der Waals surface area contributed by atoms with Crippen molar-refractivity contribution in [2.24, 2.45) is 5.73 Å². The van der Waals surface area contributed by atoms with Gasteiger partial charge in [0.15, 0.2) is 0 Å². The molecule has 1 aliphatic carbocycles. The van der Waals surface area contributed by atoms with E-state index in [2.05, 4.69) is 5.32 Å². The van der Waals surface area contributed by atoms with Gasteiger partial charge < -0.3 is 11.1 Å². The summed E-state index contributed by atoms with van der Waals surface area (Å²) >= 11 is 0. The Bertz CT molecular complexity index is 502. The van der Waals surface area contributed by atoms with Crippen LogP contribution < -0.4 is 11.1 Å². The van der Waals surface area contributed by atoms with Crippen molar-refractivity contribution >= 4 is 5.91 Å². The molecule has 1 aromatic carbocycles. The molecular formula is C18H27FN2O. The Balaban J connectivity index is 2.17. The van der Waals surface area contributed by atoms with Crippen LogP contribution in [0.2, 0.25) is 0 Å². The van der Waals surface area contributed by atoms with Crippen LogP contribution in [0.1, 0.15) is 57.9 Å². The standard InChI is InChI=1S/C18H27FN2O/c1-3-17(20,4-2)13-21-16(22)18(11-5-6-12-18)14-7-9-15(19)10-8-14/h7-10H,3-6,11-13,20H2,1-2H3,(H,21,22). The quantitative estimate of drug-likeness (QED) is 0.847. The molecule has 0 aromatic heterocycles. The van der Waals surface area contributed by atoms with E-state index in [9.17, 15) is 9.18 Å². The minimum Gasteiger partial charge on any atom is -0.353 e. The van der Waals surface area contributed by atoms with E-state index in [1.165, 1.54) is 12.1 Å². The van der Waals surface area contributed by atoms with Crippen molar-refractivity contribution in [1.29, 1.82) is 0 Å². The van der Waals surface area contributed by atoms with Crippen molar-refractivity contribution < 1.29 is 9.18 Å². The fraction of sp³-hybridized carbons (Fsp3) is 0.611. The molecule has 1 aromatic rings. The number of amides is 1. The highest BCUT2D eigenvalue weighted by molar-refractivity contribution is 5.88. The van der Waals surface area contributed by atoms with Gasteiger partial charge in [0.1, 0.15) is 5.82 Å². The van der Waals surface area contributed by atoms with E-state index in [0.717, 1.165) is 44.1 Å². The first-order valence-corrected chi connectivity index (χ1v) is 8.29. The fourth-order valence-corrected chi connectivity index (χ4v) is 3.32. The number of nitrogens with one attached hydrogen (secondary N) is 1. The third kappa shape index (κ3) is 3.32. The van der Waals surface area contributed by atoms with Crippen molar-refractivity contribution in [1.82, 2.24) is 5.32 Å². The van der Waals surface area contributed by atoms with Gasteiger partial charge in [0.2, 0.25) is 5.91 Å². The lowest BCUT2D eigenvalue weighted by atomic mass is 9.77. The van der Waals surface area contributed by atoms with E-state index in [0.29, 0.717) is 6.54 Å². The second-order valence-corrected chi connectivity index (χ2v) is 6.55. The van der Waals surface area contributed by atoms with Crippen molar-refractivity contribution in [2.75, 3.05) is 6.54 Å². The van der Waals surface area contributed by atoms with E-state index in [-0.39, 0.29) is 17.3 Å². The first kappa shape index (κ1) is 16.9. The Morgan fingerprint density at radius 2 is 1.77 bits per heavy atom. The van der Waals surface area contributed by atoms with E-state index in [1.807, 2.05) is 13.8 Å². The van der Waals surface area contributed by atoms with Crippen LogP contribution in [0.15, 0.2) is 24.3 Å². The summed E-state index contributed by atoms with van der Waals surface area (Å²) in [5.74, 6) is -0.233. The highest BCUT2D eigenvalue weighted by Crippen LogP contribution is 2.41. The lowest BCUT2D eigenvalue weighted by molar-refractivity contribution is -0.127. The molecule has 1 amide bonds. The molecule has 0 bridgehead atoms. The van der Waals surface area contributed by atoms with Crippen molar-refractivity contribution in [2.45, 2.75) is 63.3 Å². The third-order valence-corrected chi connectivity index (χ3v) is 5.30. The molecule has 3 nitrogen and oxygen atoms in total. The Morgan fingerprint density at radius 3 is 2.27 bits per heavy atom. The average molecular weight is 306 g/mol. The second-order valence-electron chi connectivity index (χ2n) is 6.55. The maximum Gasteiger partial charge on any atom is 0.230 e. The minimum atomic E-state index is -0.518. The maximum atomic E-state index is 13.2. The van der Waals surface area contributed by atoms with Crippen LogP contribution in [0.25, 0.3) is 0 Å². The average Bonchev–Trinajstić information content (AvgIpc) is 3.04. The summed E-state index contributed by atoms with van der Waals surface area (Å²) in [5, 5.41) is 3.06. The molecular weight excluding hydrogens is 279 g/mol. The molecule has 2 rings (SSSR count). The van der Waals surface area contributed by atoms with Crippen LogP contribution in [0, 0.1) is 5.82 Å². The molecule has 0 spiro atoms. The number of nitrogens with two attached hydrogens (primary N) is 1. The van der Waals surface area contributed by atoms with Crippen LogP contribution in [0.5, 0.6) is 0 Å². The largest absolute Gasteiger partial charge is 0.353 e. The lowest BCUT2D eigenvalue weighted by Gasteiger charge is -2.32. The molecule has 1 saturated carbocycles. The molecule has 22 heavy (non-hydrogen) atoms. The second kappa shape index (κ2) is 6.78. The Kier molecular flexibility index (Phi) is 5.22. The molecule has 0 unspecified atom stereocenters. The molecule has 1 fully saturated rings. The smallest absolute Gasteiger partial charge is 0.230 e. The summed E-state index contributed by atoms with van der Waals surface area (Å²) in [4.78, 5) is 12.9. The highest BCUT2D eigenvalue weighted by Gasteiger charge is 2.43.